The first kappa shape index (κ1) is 28.3. The lowest BCUT2D eigenvalue weighted by Gasteiger charge is -2.42. The minimum absolute atomic E-state index is 0.0766. The standard InChI is InChI=1S/C28H34F5NO5S/c1-27(2)15-19(35)20-22-21(23(34-24(20)26(27)36)16-7-11-37-12-8-16)25(39-28(22)9-13-38-14-10-28)17-3-5-18(6-4-17)40(29,30,31,32)33/h3-6,16,19,25-26,35-36H,7-15H2,1-2H3/t19-,25+,26-/m0/s1. The molecule has 0 saturated carbocycles. The second-order valence-corrected chi connectivity index (χ2v) is 14.6. The normalized spacial score (nSPS) is 29.9. The first-order chi connectivity index (χ1) is 18.5. The molecule has 0 unspecified atom stereocenters. The van der Waals surface area contributed by atoms with Crippen LogP contribution in [0.5, 0.6) is 0 Å². The summed E-state index contributed by atoms with van der Waals surface area (Å²) in [6.45, 7) is 5.47. The maximum atomic E-state index is 13.5. The van der Waals surface area contributed by atoms with Crippen LogP contribution < -0.4 is 0 Å². The number of rotatable bonds is 3. The summed E-state index contributed by atoms with van der Waals surface area (Å²) in [4.78, 5) is 3.04. The van der Waals surface area contributed by atoms with Crippen molar-refractivity contribution in [3.63, 3.8) is 0 Å². The number of aliphatic hydroxyl groups excluding tert-OH is 2. The number of hydrogen-bond donors (Lipinski definition) is 2. The lowest BCUT2D eigenvalue weighted by atomic mass is 9.68. The van der Waals surface area contributed by atoms with Gasteiger partial charge in [-0.15, -0.1) is 0 Å². The van der Waals surface area contributed by atoms with Crippen LogP contribution in [0.4, 0.5) is 19.4 Å². The molecular weight excluding hydrogens is 557 g/mol. The van der Waals surface area contributed by atoms with Crippen molar-refractivity contribution >= 4 is 10.2 Å². The molecule has 2 N–H and O–H groups in total. The number of pyridine rings is 1. The summed E-state index contributed by atoms with van der Waals surface area (Å²) in [5.74, 6) is -0.0766. The number of hydrogen-bond acceptors (Lipinski definition) is 6. The van der Waals surface area contributed by atoms with Gasteiger partial charge in [-0.25, -0.2) is 0 Å². The van der Waals surface area contributed by atoms with Gasteiger partial charge >= 0.3 is 10.2 Å². The summed E-state index contributed by atoms with van der Waals surface area (Å²) in [6.07, 6.45) is -0.374. The van der Waals surface area contributed by atoms with Crippen molar-refractivity contribution < 1.29 is 43.9 Å². The van der Waals surface area contributed by atoms with E-state index in [0.717, 1.165) is 12.1 Å². The average Bonchev–Trinajstić information content (AvgIpc) is 3.20. The van der Waals surface area contributed by atoms with E-state index in [1.54, 1.807) is 0 Å². The predicted octanol–water partition coefficient (Wildman–Crippen LogP) is 7.26. The number of benzene rings is 1. The van der Waals surface area contributed by atoms with Gasteiger partial charge in [-0.2, -0.15) is 0 Å². The molecule has 12 heteroatoms. The minimum atomic E-state index is -9.86. The van der Waals surface area contributed by atoms with Crippen LogP contribution in [0.25, 0.3) is 0 Å². The van der Waals surface area contributed by atoms with Crippen molar-refractivity contribution in [1.82, 2.24) is 4.98 Å². The number of halogens is 5. The number of aromatic nitrogens is 1. The van der Waals surface area contributed by atoms with Crippen LogP contribution in [-0.4, -0.2) is 41.6 Å². The van der Waals surface area contributed by atoms with Crippen LogP contribution in [-0.2, 0) is 19.8 Å². The Hall–Kier alpha value is -1.83. The lowest BCUT2D eigenvalue weighted by molar-refractivity contribution is -0.123. The lowest BCUT2D eigenvalue weighted by Crippen LogP contribution is -2.38. The first-order valence-corrected chi connectivity index (χ1v) is 15.6. The molecule has 2 aromatic rings. The predicted molar refractivity (Wildman–Crippen MR) is 138 cm³/mol. The molecule has 0 radical (unpaired) electrons. The number of fused-ring (bicyclic) bond motifs is 4. The highest BCUT2D eigenvalue weighted by Crippen LogP contribution is 3.02. The first-order valence-electron chi connectivity index (χ1n) is 13.6. The molecule has 2 saturated heterocycles. The summed E-state index contributed by atoms with van der Waals surface area (Å²) in [5.41, 5.74) is 1.63. The highest BCUT2D eigenvalue weighted by Gasteiger charge is 2.65. The SMILES string of the molecule is CC1(C)C[C@H](O)c2c(nc(C3CCOCC3)c3c2C2(CCOCC2)O[C@@H]3c2ccc(S(F)(F)(F)(F)F)cc2)[C@@H]1O. The molecule has 1 aromatic heterocycles. The average molecular weight is 592 g/mol. The Kier molecular flexibility index (Phi) is 6.09. The Morgan fingerprint density at radius 1 is 0.850 bits per heavy atom. The van der Waals surface area contributed by atoms with E-state index in [1.165, 1.54) is 0 Å². The van der Waals surface area contributed by atoms with Crippen molar-refractivity contribution in [1.29, 1.82) is 0 Å². The third-order valence-corrected chi connectivity index (χ3v) is 10.1. The summed E-state index contributed by atoms with van der Waals surface area (Å²) in [6, 6.07) is 2.91. The molecule has 4 heterocycles. The van der Waals surface area contributed by atoms with Gasteiger partial charge < -0.3 is 24.4 Å². The molecule has 40 heavy (non-hydrogen) atoms. The molecule has 0 amide bonds. The van der Waals surface area contributed by atoms with Gasteiger partial charge in [0.1, 0.15) is 17.1 Å². The molecule has 6 rings (SSSR count). The zero-order chi connectivity index (χ0) is 28.8. The Bertz CT molecular complexity index is 1320. The van der Waals surface area contributed by atoms with E-state index in [-0.39, 0.29) is 17.9 Å². The largest absolute Gasteiger partial charge is 0.388 e. The van der Waals surface area contributed by atoms with E-state index in [2.05, 4.69) is 0 Å². The molecule has 3 atom stereocenters. The maximum Gasteiger partial charge on any atom is 0.310 e. The summed E-state index contributed by atoms with van der Waals surface area (Å²) < 4.78 is 85.5. The van der Waals surface area contributed by atoms with Crippen molar-refractivity contribution in [3.05, 3.63) is 57.9 Å². The topological polar surface area (TPSA) is 81.0 Å². The third kappa shape index (κ3) is 4.64. The van der Waals surface area contributed by atoms with Gasteiger partial charge in [0.2, 0.25) is 0 Å². The van der Waals surface area contributed by atoms with Gasteiger partial charge in [-0.3, -0.25) is 4.98 Å². The van der Waals surface area contributed by atoms with E-state index in [1.807, 2.05) is 13.8 Å². The Morgan fingerprint density at radius 3 is 2.05 bits per heavy atom. The van der Waals surface area contributed by atoms with E-state index in [0.29, 0.717) is 92.3 Å². The fourth-order valence-corrected chi connectivity index (χ4v) is 7.52. The Morgan fingerprint density at radius 2 is 1.45 bits per heavy atom. The fraction of sp³-hybridized carbons (Fsp3) is 0.607. The summed E-state index contributed by atoms with van der Waals surface area (Å²) >= 11 is 0. The summed E-state index contributed by atoms with van der Waals surface area (Å²) in [7, 11) is -9.86. The smallest absolute Gasteiger partial charge is 0.310 e. The van der Waals surface area contributed by atoms with Crippen molar-refractivity contribution in [2.24, 2.45) is 5.41 Å². The van der Waals surface area contributed by atoms with E-state index in [9.17, 15) is 29.6 Å². The molecule has 222 valence electrons. The minimum Gasteiger partial charge on any atom is -0.388 e. The van der Waals surface area contributed by atoms with Gasteiger partial charge in [0, 0.05) is 56.3 Å². The van der Waals surface area contributed by atoms with Gasteiger partial charge in [-0.1, -0.05) is 45.4 Å². The van der Waals surface area contributed by atoms with Crippen LogP contribution in [0.2, 0.25) is 0 Å². The maximum absolute atomic E-state index is 13.5. The van der Waals surface area contributed by atoms with Gasteiger partial charge in [0.15, 0.2) is 0 Å². The van der Waals surface area contributed by atoms with E-state index >= 15 is 0 Å². The molecule has 0 bridgehead atoms. The van der Waals surface area contributed by atoms with Crippen molar-refractivity contribution in [3.8, 4) is 0 Å². The van der Waals surface area contributed by atoms with Gasteiger partial charge in [0.25, 0.3) is 0 Å². The highest BCUT2D eigenvalue weighted by atomic mass is 32.5. The molecular formula is C28H34F5NO5S. The highest BCUT2D eigenvalue weighted by molar-refractivity contribution is 8.45. The van der Waals surface area contributed by atoms with Crippen LogP contribution >= 0.6 is 10.2 Å². The van der Waals surface area contributed by atoms with Gasteiger partial charge in [-0.05, 0) is 47.9 Å². The van der Waals surface area contributed by atoms with Crippen molar-refractivity contribution in [2.45, 2.75) is 80.7 Å². The molecule has 1 spiro atoms. The second kappa shape index (κ2) is 8.61. The Balaban J connectivity index is 1.60. The molecule has 4 aliphatic rings. The van der Waals surface area contributed by atoms with Gasteiger partial charge in [0.05, 0.1) is 23.1 Å². The summed E-state index contributed by atoms with van der Waals surface area (Å²) in [5, 5.41) is 22.9. The van der Waals surface area contributed by atoms with Crippen LogP contribution in [0.3, 0.4) is 0 Å². The second-order valence-electron chi connectivity index (χ2n) is 12.2. The monoisotopic (exact) mass is 591 g/mol. The van der Waals surface area contributed by atoms with E-state index in [4.69, 9.17) is 19.2 Å². The molecule has 6 nitrogen and oxygen atoms in total. The van der Waals surface area contributed by atoms with Crippen LogP contribution in [0.1, 0.15) is 104 Å². The molecule has 1 aliphatic carbocycles. The molecule has 2 fully saturated rings. The quantitative estimate of drug-likeness (QED) is 0.366. The third-order valence-electron chi connectivity index (χ3n) is 8.98. The van der Waals surface area contributed by atoms with E-state index < -0.39 is 44.4 Å². The molecule has 1 aromatic carbocycles. The zero-order valence-corrected chi connectivity index (χ0v) is 23.2. The van der Waals surface area contributed by atoms with Crippen LogP contribution in [0, 0.1) is 5.41 Å². The number of aliphatic hydroxyl groups is 2. The molecule has 3 aliphatic heterocycles. The van der Waals surface area contributed by atoms with Crippen LogP contribution in [0.15, 0.2) is 29.2 Å². The Labute approximate surface area is 229 Å². The zero-order valence-electron chi connectivity index (χ0n) is 22.3. The number of ether oxygens (including phenoxy) is 3. The van der Waals surface area contributed by atoms with Crippen molar-refractivity contribution in [2.75, 3.05) is 26.4 Å². The number of nitrogens with zero attached hydrogens (tertiary/aromatic N) is 1. The fourth-order valence-electron chi connectivity index (χ4n) is 6.86.